The number of carbonyl (C=O) groups is 1. The molecule has 144 valence electrons. The first-order valence-electron chi connectivity index (χ1n) is 9.69. The van der Waals surface area contributed by atoms with E-state index in [2.05, 4.69) is 35.4 Å². The Hall–Kier alpha value is -2.50. The lowest BCUT2D eigenvalue weighted by molar-refractivity contribution is 0.0626. The van der Waals surface area contributed by atoms with Crippen molar-refractivity contribution < 1.29 is 4.79 Å². The second-order valence-corrected chi connectivity index (χ2v) is 8.25. The molecule has 3 aromatic rings. The average Bonchev–Trinajstić information content (AvgIpc) is 3.17. The van der Waals surface area contributed by atoms with E-state index in [-0.39, 0.29) is 5.91 Å². The molecule has 4 rings (SSSR count). The Morgan fingerprint density at radius 1 is 1.04 bits per heavy atom. The molecule has 0 spiro atoms. The van der Waals surface area contributed by atoms with Crippen LogP contribution < -0.4 is 0 Å². The smallest absolute Gasteiger partial charge is 0.254 e. The molecule has 0 radical (unpaired) electrons. The highest BCUT2D eigenvalue weighted by Gasteiger charge is 2.23. The van der Waals surface area contributed by atoms with Gasteiger partial charge in [0.2, 0.25) is 0 Å². The van der Waals surface area contributed by atoms with Gasteiger partial charge in [-0.05, 0) is 25.5 Å². The average molecular weight is 392 g/mol. The molecular weight excluding hydrogens is 366 g/mol. The van der Waals surface area contributed by atoms with Gasteiger partial charge in [0.05, 0.1) is 5.69 Å². The predicted molar refractivity (Wildman–Crippen MR) is 115 cm³/mol. The number of benzene rings is 2. The number of aromatic nitrogens is 1. The molecule has 1 aliphatic rings. The maximum Gasteiger partial charge on any atom is 0.254 e. The number of carbonyl (C=O) groups excluding carboxylic acids is 1. The van der Waals surface area contributed by atoms with Crippen molar-refractivity contribution in [2.45, 2.75) is 20.4 Å². The standard InChI is InChI=1S/C23H25N3OS/c1-17-8-9-21(18(2)14-17)23(27)26-12-10-25(11-13-26)15-20-16-28-22(24-20)19-6-4-3-5-7-19/h3-9,14,16H,10-13,15H2,1-2H3. The number of thiazole rings is 1. The molecule has 0 N–H and O–H groups in total. The van der Waals surface area contributed by atoms with E-state index in [0.29, 0.717) is 0 Å². The number of rotatable bonds is 4. The summed E-state index contributed by atoms with van der Waals surface area (Å²) in [5.41, 5.74) is 5.35. The maximum absolute atomic E-state index is 12.9. The molecule has 0 aliphatic carbocycles. The Morgan fingerprint density at radius 3 is 2.50 bits per heavy atom. The summed E-state index contributed by atoms with van der Waals surface area (Å²) in [6.07, 6.45) is 0. The highest BCUT2D eigenvalue weighted by Crippen LogP contribution is 2.24. The van der Waals surface area contributed by atoms with Gasteiger partial charge in [0.15, 0.2) is 0 Å². The summed E-state index contributed by atoms with van der Waals surface area (Å²) in [6, 6.07) is 16.4. The second kappa shape index (κ2) is 8.25. The summed E-state index contributed by atoms with van der Waals surface area (Å²) in [7, 11) is 0. The van der Waals surface area contributed by atoms with Crippen LogP contribution in [0.2, 0.25) is 0 Å². The Bertz CT molecular complexity index is 959. The van der Waals surface area contributed by atoms with Crippen molar-refractivity contribution in [3.8, 4) is 10.6 Å². The van der Waals surface area contributed by atoms with E-state index in [9.17, 15) is 4.79 Å². The number of piperazine rings is 1. The van der Waals surface area contributed by atoms with E-state index in [0.717, 1.165) is 54.6 Å². The second-order valence-electron chi connectivity index (χ2n) is 7.40. The first-order valence-corrected chi connectivity index (χ1v) is 10.6. The summed E-state index contributed by atoms with van der Waals surface area (Å²) < 4.78 is 0. The van der Waals surface area contributed by atoms with Gasteiger partial charge in [-0.3, -0.25) is 9.69 Å². The van der Waals surface area contributed by atoms with Crippen molar-refractivity contribution in [2.75, 3.05) is 26.2 Å². The first-order chi connectivity index (χ1) is 13.6. The molecule has 1 aromatic heterocycles. The number of nitrogens with zero attached hydrogens (tertiary/aromatic N) is 3. The van der Waals surface area contributed by atoms with Crippen LogP contribution in [0.25, 0.3) is 10.6 Å². The zero-order valence-corrected chi connectivity index (χ0v) is 17.2. The normalized spacial score (nSPS) is 15.0. The lowest BCUT2D eigenvalue weighted by Gasteiger charge is -2.34. The molecule has 2 heterocycles. The molecule has 0 unspecified atom stereocenters. The van der Waals surface area contributed by atoms with Crippen molar-refractivity contribution in [1.82, 2.24) is 14.8 Å². The lowest BCUT2D eigenvalue weighted by atomic mass is 10.0. The fraction of sp³-hybridized carbons (Fsp3) is 0.304. The molecule has 4 nitrogen and oxygen atoms in total. The molecule has 1 saturated heterocycles. The van der Waals surface area contributed by atoms with E-state index >= 15 is 0 Å². The minimum Gasteiger partial charge on any atom is -0.336 e. The van der Waals surface area contributed by atoms with Gasteiger partial charge in [-0.15, -0.1) is 11.3 Å². The number of amides is 1. The predicted octanol–water partition coefficient (Wildman–Crippen LogP) is 4.38. The van der Waals surface area contributed by atoms with E-state index in [1.807, 2.05) is 42.2 Å². The van der Waals surface area contributed by atoms with Crippen molar-refractivity contribution in [2.24, 2.45) is 0 Å². The molecule has 1 aliphatic heterocycles. The van der Waals surface area contributed by atoms with E-state index < -0.39 is 0 Å². The van der Waals surface area contributed by atoms with Crippen LogP contribution in [-0.2, 0) is 6.54 Å². The molecule has 2 aromatic carbocycles. The van der Waals surface area contributed by atoms with Crippen LogP contribution in [-0.4, -0.2) is 46.9 Å². The van der Waals surface area contributed by atoms with E-state index in [1.165, 1.54) is 11.1 Å². The van der Waals surface area contributed by atoms with E-state index in [4.69, 9.17) is 4.98 Å². The summed E-state index contributed by atoms with van der Waals surface area (Å²) in [5, 5.41) is 3.22. The molecule has 28 heavy (non-hydrogen) atoms. The molecule has 1 amide bonds. The molecule has 1 fully saturated rings. The molecule has 0 saturated carbocycles. The minimum absolute atomic E-state index is 0.150. The van der Waals surface area contributed by atoms with Crippen LogP contribution in [0.4, 0.5) is 0 Å². The van der Waals surface area contributed by atoms with Crippen LogP contribution in [0.3, 0.4) is 0 Å². The minimum atomic E-state index is 0.150. The fourth-order valence-electron chi connectivity index (χ4n) is 3.65. The summed E-state index contributed by atoms with van der Waals surface area (Å²) >= 11 is 1.69. The zero-order valence-electron chi connectivity index (χ0n) is 16.4. The van der Waals surface area contributed by atoms with Crippen LogP contribution in [0, 0.1) is 13.8 Å². The topological polar surface area (TPSA) is 36.4 Å². The third-order valence-corrected chi connectivity index (χ3v) is 6.17. The zero-order chi connectivity index (χ0) is 19.5. The molecule has 5 heteroatoms. The summed E-state index contributed by atoms with van der Waals surface area (Å²) in [4.78, 5) is 22.0. The van der Waals surface area contributed by atoms with Gasteiger partial charge in [-0.25, -0.2) is 4.98 Å². The van der Waals surface area contributed by atoms with Crippen LogP contribution in [0.5, 0.6) is 0 Å². The highest BCUT2D eigenvalue weighted by molar-refractivity contribution is 7.13. The Kier molecular flexibility index (Phi) is 5.55. The lowest BCUT2D eigenvalue weighted by Crippen LogP contribution is -2.48. The van der Waals surface area contributed by atoms with Crippen LogP contribution in [0.15, 0.2) is 53.9 Å². The molecular formula is C23H25N3OS. The van der Waals surface area contributed by atoms with Gasteiger partial charge in [0, 0.05) is 49.2 Å². The van der Waals surface area contributed by atoms with Gasteiger partial charge in [-0.1, -0.05) is 48.0 Å². The third-order valence-electron chi connectivity index (χ3n) is 5.23. The van der Waals surface area contributed by atoms with Gasteiger partial charge in [0.25, 0.3) is 5.91 Å². The van der Waals surface area contributed by atoms with Crippen molar-refractivity contribution in [3.63, 3.8) is 0 Å². The summed E-state index contributed by atoms with van der Waals surface area (Å²) in [6.45, 7) is 8.22. The number of hydrogen-bond donors (Lipinski definition) is 0. The van der Waals surface area contributed by atoms with Crippen molar-refractivity contribution in [1.29, 1.82) is 0 Å². The van der Waals surface area contributed by atoms with Gasteiger partial charge in [0.1, 0.15) is 5.01 Å². The van der Waals surface area contributed by atoms with Crippen LogP contribution in [0.1, 0.15) is 27.2 Å². The number of aryl methyl sites for hydroxylation is 2. The van der Waals surface area contributed by atoms with E-state index in [1.54, 1.807) is 11.3 Å². The molecule has 0 bridgehead atoms. The third kappa shape index (κ3) is 4.16. The maximum atomic E-state index is 12.9. The van der Waals surface area contributed by atoms with Crippen molar-refractivity contribution >= 4 is 17.2 Å². The Balaban J connectivity index is 1.34. The van der Waals surface area contributed by atoms with Crippen molar-refractivity contribution in [3.05, 3.63) is 76.3 Å². The van der Waals surface area contributed by atoms with Gasteiger partial charge in [-0.2, -0.15) is 0 Å². The quantitative estimate of drug-likeness (QED) is 0.662. The van der Waals surface area contributed by atoms with Gasteiger partial charge >= 0.3 is 0 Å². The Morgan fingerprint density at radius 2 is 1.79 bits per heavy atom. The van der Waals surface area contributed by atoms with Crippen LogP contribution >= 0.6 is 11.3 Å². The SMILES string of the molecule is Cc1ccc(C(=O)N2CCN(Cc3csc(-c4ccccc4)n3)CC2)c(C)c1. The Labute approximate surface area is 170 Å². The first kappa shape index (κ1) is 18.8. The number of hydrogen-bond acceptors (Lipinski definition) is 4. The largest absolute Gasteiger partial charge is 0.336 e. The summed E-state index contributed by atoms with van der Waals surface area (Å²) in [5.74, 6) is 0.150. The monoisotopic (exact) mass is 391 g/mol. The fourth-order valence-corrected chi connectivity index (χ4v) is 4.47. The van der Waals surface area contributed by atoms with Gasteiger partial charge < -0.3 is 4.90 Å². The highest BCUT2D eigenvalue weighted by atomic mass is 32.1. The molecule has 0 atom stereocenters.